The largest absolute Gasteiger partial charge is 0.493 e. The molecule has 0 aliphatic carbocycles. The third-order valence-electron chi connectivity index (χ3n) is 4.39. The molecule has 0 aromatic heterocycles. The number of methoxy groups -OCH3 is 1. The van der Waals surface area contributed by atoms with Gasteiger partial charge < -0.3 is 19.9 Å². The highest BCUT2D eigenvalue weighted by Crippen LogP contribution is 2.38. The molecule has 2 N–H and O–H groups in total. The third-order valence-corrected chi connectivity index (χ3v) is 5.83. The third kappa shape index (κ3) is 5.19. The van der Waals surface area contributed by atoms with Crippen LogP contribution >= 0.6 is 39.1 Å². The van der Waals surface area contributed by atoms with E-state index in [9.17, 15) is 9.90 Å². The topological polar surface area (TPSA) is 67.8 Å². The molecule has 8 heteroatoms. The second-order valence-electron chi connectivity index (χ2n) is 6.29. The number of ether oxygens (including phenoxy) is 2. The number of carbonyl (C=O) groups is 1. The summed E-state index contributed by atoms with van der Waals surface area (Å²) < 4.78 is 12.4. The minimum atomic E-state index is -1.03. The summed E-state index contributed by atoms with van der Waals surface area (Å²) in [5.74, 6) is 0.0817. The van der Waals surface area contributed by atoms with Crippen molar-refractivity contribution in [2.45, 2.75) is 13.2 Å². The van der Waals surface area contributed by atoms with Crippen molar-refractivity contribution in [1.82, 2.24) is 0 Å². The van der Waals surface area contributed by atoms with Crippen LogP contribution in [0, 0.1) is 0 Å². The summed E-state index contributed by atoms with van der Waals surface area (Å²) in [4.78, 5) is 11.3. The van der Waals surface area contributed by atoms with Crippen molar-refractivity contribution in [2.75, 3.05) is 12.4 Å². The summed E-state index contributed by atoms with van der Waals surface area (Å²) in [6, 6.07) is 15.6. The van der Waals surface area contributed by atoms with Gasteiger partial charge in [-0.1, -0.05) is 57.3 Å². The van der Waals surface area contributed by atoms with Gasteiger partial charge in [-0.15, -0.1) is 0 Å². The average molecular weight is 511 g/mol. The lowest BCUT2D eigenvalue weighted by atomic mass is 10.1. The first-order chi connectivity index (χ1) is 14.4. The highest BCUT2D eigenvalue weighted by atomic mass is 79.9. The number of nitrogens with one attached hydrogen (secondary N) is 1. The molecular weight excluding hydrogens is 493 g/mol. The summed E-state index contributed by atoms with van der Waals surface area (Å²) in [6.45, 7) is 0.577. The van der Waals surface area contributed by atoms with Gasteiger partial charge in [0.05, 0.1) is 23.4 Å². The molecule has 0 unspecified atom stereocenters. The number of carboxylic acids is 1. The predicted octanol–water partition coefficient (Wildman–Crippen LogP) is 6.65. The normalized spacial score (nSPS) is 10.5. The summed E-state index contributed by atoms with van der Waals surface area (Å²) >= 11 is 16.0. The van der Waals surface area contributed by atoms with Gasteiger partial charge in [0.15, 0.2) is 11.5 Å². The zero-order valence-corrected chi connectivity index (χ0v) is 19.0. The number of halogens is 3. The molecule has 5 nitrogen and oxygen atoms in total. The van der Waals surface area contributed by atoms with Crippen LogP contribution in [0.4, 0.5) is 5.69 Å². The van der Waals surface area contributed by atoms with E-state index < -0.39 is 5.97 Å². The fourth-order valence-electron chi connectivity index (χ4n) is 2.81. The smallest absolute Gasteiger partial charge is 0.335 e. The molecule has 0 radical (unpaired) electrons. The quantitative estimate of drug-likeness (QED) is 0.355. The fourth-order valence-corrected chi connectivity index (χ4v) is 3.64. The maximum Gasteiger partial charge on any atom is 0.335 e. The lowest BCUT2D eigenvalue weighted by molar-refractivity contribution is 0.0697. The van der Waals surface area contributed by atoms with E-state index in [-0.39, 0.29) is 12.2 Å². The molecule has 3 rings (SSSR count). The van der Waals surface area contributed by atoms with Gasteiger partial charge in [-0.25, -0.2) is 4.79 Å². The summed E-state index contributed by atoms with van der Waals surface area (Å²) in [7, 11) is 1.57. The maximum absolute atomic E-state index is 11.3. The van der Waals surface area contributed by atoms with Crippen molar-refractivity contribution in [3.8, 4) is 11.5 Å². The highest BCUT2D eigenvalue weighted by Gasteiger charge is 2.16. The SMILES string of the molecule is COc1ccc(Br)c(CNc2cc(C(=O)O)ccc2Cl)c1OCc1ccccc1Cl. The van der Waals surface area contributed by atoms with Crippen molar-refractivity contribution in [3.05, 3.63) is 85.8 Å². The molecular formula is C22H18BrCl2NO4. The van der Waals surface area contributed by atoms with E-state index >= 15 is 0 Å². The lowest BCUT2D eigenvalue weighted by Gasteiger charge is -2.18. The van der Waals surface area contributed by atoms with Crippen LogP contribution in [-0.2, 0) is 13.2 Å². The number of carboxylic acid groups (broad SMARTS) is 1. The van der Waals surface area contributed by atoms with E-state index in [1.165, 1.54) is 12.1 Å². The molecule has 3 aromatic carbocycles. The Morgan fingerprint density at radius 1 is 1.10 bits per heavy atom. The van der Waals surface area contributed by atoms with Crippen molar-refractivity contribution in [2.24, 2.45) is 0 Å². The Bertz CT molecular complexity index is 1070. The Kier molecular flexibility index (Phi) is 7.48. The van der Waals surface area contributed by atoms with E-state index in [0.717, 1.165) is 15.6 Å². The fraction of sp³-hybridized carbons (Fsp3) is 0.136. The van der Waals surface area contributed by atoms with Crippen molar-refractivity contribution in [3.63, 3.8) is 0 Å². The van der Waals surface area contributed by atoms with Crippen LogP contribution in [0.25, 0.3) is 0 Å². The Labute approximate surface area is 192 Å². The predicted molar refractivity (Wildman–Crippen MR) is 122 cm³/mol. The van der Waals surface area contributed by atoms with Gasteiger partial charge in [0.2, 0.25) is 0 Å². The first-order valence-electron chi connectivity index (χ1n) is 8.89. The Morgan fingerprint density at radius 3 is 2.57 bits per heavy atom. The molecule has 0 aliphatic rings. The molecule has 0 aliphatic heterocycles. The van der Waals surface area contributed by atoms with Crippen molar-refractivity contribution in [1.29, 1.82) is 0 Å². The molecule has 30 heavy (non-hydrogen) atoms. The molecule has 0 atom stereocenters. The van der Waals surface area contributed by atoms with Crippen LogP contribution in [0.3, 0.4) is 0 Å². The standard InChI is InChI=1S/C22H18BrCl2NO4/c1-29-20-9-7-16(23)15(21(20)30-12-14-4-2-3-5-17(14)24)11-26-19-10-13(22(27)28)6-8-18(19)25/h2-10,26H,11-12H2,1H3,(H,27,28). The average Bonchev–Trinajstić information content (AvgIpc) is 2.73. The molecule has 0 spiro atoms. The minimum Gasteiger partial charge on any atom is -0.493 e. The Balaban J connectivity index is 1.88. The van der Waals surface area contributed by atoms with Crippen LogP contribution in [0.2, 0.25) is 10.0 Å². The number of rotatable bonds is 8. The van der Waals surface area contributed by atoms with E-state index in [0.29, 0.717) is 33.8 Å². The summed E-state index contributed by atoms with van der Waals surface area (Å²) in [5, 5.41) is 13.4. The van der Waals surface area contributed by atoms with E-state index in [4.69, 9.17) is 32.7 Å². The van der Waals surface area contributed by atoms with E-state index in [1.54, 1.807) is 25.3 Å². The monoisotopic (exact) mass is 509 g/mol. The molecule has 0 saturated carbocycles. The van der Waals surface area contributed by atoms with Crippen LogP contribution in [-0.4, -0.2) is 18.2 Å². The van der Waals surface area contributed by atoms with Crippen LogP contribution < -0.4 is 14.8 Å². The number of hydrogen-bond acceptors (Lipinski definition) is 4. The molecule has 3 aromatic rings. The second-order valence-corrected chi connectivity index (χ2v) is 7.96. The number of hydrogen-bond donors (Lipinski definition) is 2. The van der Waals surface area contributed by atoms with Crippen molar-refractivity contribution >= 4 is 50.8 Å². The molecule has 0 amide bonds. The minimum absolute atomic E-state index is 0.141. The van der Waals surface area contributed by atoms with Gasteiger partial charge in [-0.2, -0.15) is 0 Å². The lowest BCUT2D eigenvalue weighted by Crippen LogP contribution is -2.07. The zero-order valence-electron chi connectivity index (χ0n) is 15.9. The van der Waals surface area contributed by atoms with Crippen LogP contribution in [0.1, 0.15) is 21.5 Å². The van der Waals surface area contributed by atoms with Gasteiger partial charge in [0, 0.05) is 27.2 Å². The Morgan fingerprint density at radius 2 is 1.87 bits per heavy atom. The second kappa shape index (κ2) is 10.1. The number of anilines is 1. The van der Waals surface area contributed by atoms with Crippen LogP contribution in [0.5, 0.6) is 11.5 Å². The van der Waals surface area contributed by atoms with Gasteiger partial charge >= 0.3 is 5.97 Å². The van der Waals surface area contributed by atoms with Gasteiger partial charge in [0.25, 0.3) is 0 Å². The van der Waals surface area contributed by atoms with Gasteiger partial charge in [0.1, 0.15) is 6.61 Å². The van der Waals surface area contributed by atoms with E-state index in [2.05, 4.69) is 21.2 Å². The molecule has 0 heterocycles. The van der Waals surface area contributed by atoms with E-state index in [1.807, 2.05) is 24.3 Å². The molecule has 156 valence electrons. The van der Waals surface area contributed by atoms with Crippen molar-refractivity contribution < 1.29 is 19.4 Å². The molecule has 0 fully saturated rings. The van der Waals surface area contributed by atoms with Crippen LogP contribution in [0.15, 0.2) is 59.1 Å². The highest BCUT2D eigenvalue weighted by molar-refractivity contribution is 9.10. The summed E-state index contributed by atoms with van der Waals surface area (Å²) in [6.07, 6.45) is 0. The summed E-state index contributed by atoms with van der Waals surface area (Å²) in [5.41, 5.74) is 2.28. The Hall–Kier alpha value is -2.41. The first-order valence-corrected chi connectivity index (χ1v) is 10.4. The zero-order chi connectivity index (χ0) is 21.7. The first kappa shape index (κ1) is 22.3. The number of aromatic carboxylic acids is 1. The van der Waals surface area contributed by atoms with Gasteiger partial charge in [-0.05, 0) is 36.4 Å². The molecule has 0 bridgehead atoms. The number of benzene rings is 3. The maximum atomic E-state index is 11.3. The van der Waals surface area contributed by atoms with Gasteiger partial charge in [-0.3, -0.25) is 0 Å². The molecule has 0 saturated heterocycles.